The van der Waals surface area contributed by atoms with Crippen LogP contribution in [-0.4, -0.2) is 46.1 Å². The summed E-state index contributed by atoms with van der Waals surface area (Å²) in [5, 5.41) is 14.0. The molecule has 0 unspecified atom stereocenters. The summed E-state index contributed by atoms with van der Waals surface area (Å²) >= 11 is 1.52. The fourth-order valence-corrected chi connectivity index (χ4v) is 3.87. The van der Waals surface area contributed by atoms with Crippen molar-refractivity contribution in [3.05, 3.63) is 35.5 Å². The van der Waals surface area contributed by atoms with Gasteiger partial charge in [0, 0.05) is 31.0 Å². The molecule has 7 nitrogen and oxygen atoms in total. The lowest BCUT2D eigenvalue weighted by molar-refractivity contribution is -0.126. The molecule has 1 saturated heterocycles. The fourth-order valence-electron chi connectivity index (χ4n) is 3.23. The number of hydrogen-bond acceptors (Lipinski definition) is 5. The number of benzene rings is 1. The summed E-state index contributed by atoms with van der Waals surface area (Å²) in [7, 11) is 0. The molecule has 26 heavy (non-hydrogen) atoms. The first-order chi connectivity index (χ1) is 12.6. The highest BCUT2D eigenvalue weighted by molar-refractivity contribution is 7.99. The SMILES string of the molecule is CCc1cccc(C)c1N1C[C@@H](C(=O)NCCSc2cn[nH]n2)CC1=O. The summed E-state index contributed by atoms with van der Waals surface area (Å²) in [6.45, 7) is 5.07. The third-order valence-corrected chi connectivity index (χ3v) is 5.41. The largest absolute Gasteiger partial charge is 0.355 e. The van der Waals surface area contributed by atoms with Crippen molar-refractivity contribution in [2.45, 2.75) is 31.7 Å². The first-order valence-corrected chi connectivity index (χ1v) is 9.73. The van der Waals surface area contributed by atoms with Crippen molar-refractivity contribution < 1.29 is 9.59 Å². The average molecular weight is 373 g/mol. The van der Waals surface area contributed by atoms with Crippen LogP contribution in [0.5, 0.6) is 0 Å². The summed E-state index contributed by atoms with van der Waals surface area (Å²) in [6, 6.07) is 6.06. The number of nitrogens with one attached hydrogen (secondary N) is 2. The van der Waals surface area contributed by atoms with Crippen LogP contribution in [0.25, 0.3) is 0 Å². The molecule has 3 rings (SSSR count). The van der Waals surface area contributed by atoms with Crippen LogP contribution in [0.15, 0.2) is 29.4 Å². The second kappa shape index (κ2) is 8.35. The van der Waals surface area contributed by atoms with Crippen LogP contribution >= 0.6 is 11.8 Å². The molecule has 2 aromatic rings. The number of aromatic nitrogens is 3. The van der Waals surface area contributed by atoms with Crippen molar-refractivity contribution >= 4 is 29.3 Å². The third-order valence-electron chi connectivity index (χ3n) is 4.51. The lowest BCUT2D eigenvalue weighted by Crippen LogP contribution is -2.34. The highest BCUT2D eigenvalue weighted by Gasteiger charge is 2.36. The van der Waals surface area contributed by atoms with Crippen LogP contribution < -0.4 is 10.2 Å². The summed E-state index contributed by atoms with van der Waals surface area (Å²) in [4.78, 5) is 26.7. The first-order valence-electron chi connectivity index (χ1n) is 8.75. The molecule has 2 N–H and O–H groups in total. The normalized spacial score (nSPS) is 16.9. The Morgan fingerprint density at radius 2 is 2.31 bits per heavy atom. The smallest absolute Gasteiger partial charge is 0.227 e. The number of nitrogens with zero attached hydrogens (tertiary/aromatic N) is 3. The van der Waals surface area contributed by atoms with Crippen LogP contribution in [-0.2, 0) is 16.0 Å². The Kier molecular flexibility index (Phi) is 5.92. The number of carbonyl (C=O) groups is 2. The maximum absolute atomic E-state index is 12.5. The van der Waals surface area contributed by atoms with Gasteiger partial charge >= 0.3 is 0 Å². The molecule has 1 atom stereocenters. The van der Waals surface area contributed by atoms with E-state index >= 15 is 0 Å². The molecule has 1 aliphatic heterocycles. The molecule has 8 heteroatoms. The predicted octanol–water partition coefficient (Wildman–Crippen LogP) is 1.94. The molecule has 1 fully saturated rings. The fraction of sp³-hybridized carbons (Fsp3) is 0.444. The minimum atomic E-state index is -0.302. The first kappa shape index (κ1) is 18.4. The molecule has 0 radical (unpaired) electrons. The van der Waals surface area contributed by atoms with Gasteiger partial charge in [0.2, 0.25) is 11.8 Å². The number of para-hydroxylation sites is 1. The Bertz CT molecular complexity index is 778. The predicted molar refractivity (Wildman–Crippen MR) is 101 cm³/mol. The zero-order valence-electron chi connectivity index (χ0n) is 15.0. The number of thioether (sulfide) groups is 1. The second-order valence-electron chi connectivity index (χ2n) is 6.29. The number of aromatic amines is 1. The van der Waals surface area contributed by atoms with Crippen LogP contribution in [0.1, 0.15) is 24.5 Å². The van der Waals surface area contributed by atoms with E-state index in [9.17, 15) is 9.59 Å². The Morgan fingerprint density at radius 3 is 3.04 bits per heavy atom. The van der Waals surface area contributed by atoms with E-state index in [1.54, 1.807) is 11.1 Å². The van der Waals surface area contributed by atoms with Gasteiger partial charge in [-0.05, 0) is 24.5 Å². The molecule has 1 aliphatic rings. The average Bonchev–Trinajstić information content (AvgIpc) is 3.28. The quantitative estimate of drug-likeness (QED) is 0.572. The lowest BCUT2D eigenvalue weighted by Gasteiger charge is -2.22. The van der Waals surface area contributed by atoms with Crippen molar-refractivity contribution in [2.75, 3.05) is 23.7 Å². The van der Waals surface area contributed by atoms with E-state index in [1.807, 2.05) is 25.1 Å². The van der Waals surface area contributed by atoms with E-state index in [0.29, 0.717) is 18.8 Å². The van der Waals surface area contributed by atoms with Crippen molar-refractivity contribution in [1.82, 2.24) is 20.7 Å². The molecule has 1 aromatic carbocycles. The minimum absolute atomic E-state index is 0.0196. The second-order valence-corrected chi connectivity index (χ2v) is 7.40. The van der Waals surface area contributed by atoms with Gasteiger partial charge in [0.1, 0.15) is 5.03 Å². The molecule has 2 heterocycles. The summed E-state index contributed by atoms with van der Waals surface area (Å²) < 4.78 is 0. The summed E-state index contributed by atoms with van der Waals surface area (Å²) in [5.74, 6) is 0.365. The van der Waals surface area contributed by atoms with E-state index in [1.165, 1.54) is 11.8 Å². The number of amides is 2. The molecule has 0 saturated carbocycles. The van der Waals surface area contributed by atoms with Gasteiger partial charge in [0.15, 0.2) is 0 Å². The number of aryl methyl sites for hydroxylation is 2. The highest BCUT2D eigenvalue weighted by Crippen LogP contribution is 2.31. The molecular weight excluding hydrogens is 350 g/mol. The van der Waals surface area contributed by atoms with E-state index in [2.05, 4.69) is 27.7 Å². The molecule has 0 aliphatic carbocycles. The van der Waals surface area contributed by atoms with Crippen LogP contribution in [0.4, 0.5) is 5.69 Å². The van der Waals surface area contributed by atoms with Gasteiger partial charge in [0.25, 0.3) is 0 Å². The van der Waals surface area contributed by atoms with Gasteiger partial charge < -0.3 is 10.2 Å². The number of H-pyrrole nitrogens is 1. The maximum atomic E-state index is 12.5. The van der Waals surface area contributed by atoms with Gasteiger partial charge in [-0.25, -0.2) is 0 Å². The van der Waals surface area contributed by atoms with Crippen LogP contribution in [0, 0.1) is 12.8 Å². The van der Waals surface area contributed by atoms with E-state index < -0.39 is 0 Å². The van der Waals surface area contributed by atoms with Gasteiger partial charge in [0.05, 0.1) is 12.1 Å². The van der Waals surface area contributed by atoms with E-state index in [4.69, 9.17) is 0 Å². The number of carbonyl (C=O) groups excluding carboxylic acids is 2. The number of rotatable bonds is 7. The molecule has 2 amide bonds. The highest BCUT2D eigenvalue weighted by atomic mass is 32.2. The third kappa shape index (κ3) is 4.07. The lowest BCUT2D eigenvalue weighted by atomic mass is 10.0. The molecular formula is C18H23N5O2S. The van der Waals surface area contributed by atoms with Gasteiger partial charge in [-0.15, -0.1) is 16.9 Å². The number of anilines is 1. The Morgan fingerprint density at radius 1 is 1.46 bits per heavy atom. The van der Waals surface area contributed by atoms with E-state index in [0.717, 1.165) is 28.3 Å². The van der Waals surface area contributed by atoms with Gasteiger partial charge in [-0.3, -0.25) is 9.59 Å². The minimum Gasteiger partial charge on any atom is -0.355 e. The van der Waals surface area contributed by atoms with Crippen molar-refractivity contribution in [2.24, 2.45) is 5.92 Å². The van der Waals surface area contributed by atoms with E-state index in [-0.39, 0.29) is 24.2 Å². The molecule has 0 spiro atoms. The molecule has 0 bridgehead atoms. The molecule has 1 aromatic heterocycles. The zero-order chi connectivity index (χ0) is 18.5. The van der Waals surface area contributed by atoms with Crippen molar-refractivity contribution in [3.63, 3.8) is 0 Å². The van der Waals surface area contributed by atoms with Gasteiger partial charge in [-0.1, -0.05) is 25.1 Å². The number of hydrogen-bond donors (Lipinski definition) is 2. The molecule has 138 valence electrons. The maximum Gasteiger partial charge on any atom is 0.227 e. The summed E-state index contributed by atoms with van der Waals surface area (Å²) in [5.41, 5.74) is 3.18. The summed E-state index contributed by atoms with van der Waals surface area (Å²) in [6.07, 6.45) is 2.77. The Hall–Kier alpha value is -2.35. The topological polar surface area (TPSA) is 91.0 Å². The Labute approximate surface area is 156 Å². The van der Waals surface area contributed by atoms with Crippen molar-refractivity contribution in [1.29, 1.82) is 0 Å². The Balaban J connectivity index is 1.56. The van der Waals surface area contributed by atoms with Crippen molar-refractivity contribution in [3.8, 4) is 0 Å². The van der Waals surface area contributed by atoms with Crippen LogP contribution in [0.2, 0.25) is 0 Å². The van der Waals surface area contributed by atoms with Crippen LogP contribution in [0.3, 0.4) is 0 Å². The zero-order valence-corrected chi connectivity index (χ0v) is 15.8. The monoisotopic (exact) mass is 373 g/mol. The van der Waals surface area contributed by atoms with Gasteiger partial charge in [-0.2, -0.15) is 10.3 Å². The standard InChI is InChI=1S/C18H23N5O2S/c1-3-13-6-4-5-12(2)17(13)23-11-14(9-16(23)24)18(25)19-7-8-26-15-10-20-22-21-15/h4-6,10,14H,3,7-9,11H2,1-2H3,(H,19,25)(H,20,21,22)/t14-/m0/s1.